The zero-order valence-electron chi connectivity index (χ0n) is 7.43. The van der Waals surface area contributed by atoms with Crippen molar-refractivity contribution in [3.05, 3.63) is 0 Å². The number of hydroxylamine groups is 2. The van der Waals surface area contributed by atoms with E-state index >= 15 is 0 Å². The summed E-state index contributed by atoms with van der Waals surface area (Å²) in [5, 5.41) is 0.725. The quantitative estimate of drug-likeness (QED) is 0.693. The highest BCUT2D eigenvalue weighted by Crippen LogP contribution is 2.25. The molecule has 1 fully saturated rings. The zero-order valence-corrected chi connectivity index (χ0v) is 7.43. The van der Waals surface area contributed by atoms with Crippen molar-refractivity contribution in [1.82, 2.24) is 5.06 Å². The predicted molar refractivity (Wildman–Crippen MR) is 37.8 cm³/mol. The average molecular weight is 233 g/mol. The Kier molecular flexibility index (Phi) is 3.48. The van der Waals surface area contributed by atoms with E-state index in [1.54, 1.807) is 0 Å². The Hall–Kier alpha value is -0.920. The highest BCUT2D eigenvalue weighted by atomic mass is 19.4. The molecule has 0 aromatic carbocycles. The topological polar surface area (TPSA) is 29.5 Å². The van der Waals surface area contributed by atoms with Crippen LogP contribution in [0.4, 0.5) is 22.0 Å². The molecular weight excluding hydrogens is 225 g/mol. The largest absolute Gasteiger partial charge is 0.492 e. The van der Waals surface area contributed by atoms with Crippen LogP contribution in [0, 0.1) is 5.92 Å². The fraction of sp³-hybridized carbons (Fsp3) is 0.857. The molecule has 15 heavy (non-hydrogen) atoms. The third kappa shape index (κ3) is 3.61. The van der Waals surface area contributed by atoms with Gasteiger partial charge in [-0.2, -0.15) is 13.2 Å². The summed E-state index contributed by atoms with van der Waals surface area (Å²) in [7, 11) is 0. The van der Waals surface area contributed by atoms with Crippen LogP contribution in [0.5, 0.6) is 0 Å². The second-order valence-electron chi connectivity index (χ2n) is 3.22. The molecule has 0 radical (unpaired) electrons. The molecule has 3 nitrogen and oxygen atoms in total. The maximum Gasteiger partial charge on any atom is 0.492 e. The molecule has 1 saturated heterocycles. The lowest BCUT2D eigenvalue weighted by Gasteiger charge is -2.36. The van der Waals surface area contributed by atoms with Gasteiger partial charge in [0.05, 0.1) is 0 Å². The minimum atomic E-state index is -5.05. The second kappa shape index (κ2) is 4.30. The van der Waals surface area contributed by atoms with Gasteiger partial charge in [0.1, 0.15) is 0 Å². The Morgan fingerprint density at radius 2 is 1.93 bits per heavy atom. The van der Waals surface area contributed by atoms with Gasteiger partial charge in [0.15, 0.2) is 0 Å². The van der Waals surface area contributed by atoms with Crippen molar-refractivity contribution in [2.75, 3.05) is 13.1 Å². The van der Waals surface area contributed by atoms with Gasteiger partial charge in [-0.3, -0.25) is 0 Å². The maximum absolute atomic E-state index is 11.8. The number of hydrogen-bond donors (Lipinski definition) is 0. The summed E-state index contributed by atoms with van der Waals surface area (Å²) in [4.78, 5) is 14.1. The first-order valence-corrected chi connectivity index (χ1v) is 4.11. The van der Waals surface area contributed by atoms with E-state index in [1.807, 2.05) is 0 Å². The van der Waals surface area contributed by atoms with Crippen LogP contribution in [0.3, 0.4) is 0 Å². The highest BCUT2D eigenvalue weighted by molar-refractivity contribution is 5.75. The van der Waals surface area contributed by atoms with E-state index in [0.717, 1.165) is 5.06 Å². The summed E-state index contributed by atoms with van der Waals surface area (Å²) in [5.74, 6) is -2.73. The first kappa shape index (κ1) is 12.2. The average Bonchev–Trinajstić information content (AvgIpc) is 1.97. The van der Waals surface area contributed by atoms with Gasteiger partial charge in [-0.25, -0.2) is 13.6 Å². The van der Waals surface area contributed by atoms with Gasteiger partial charge in [-0.05, 0) is 5.92 Å². The summed E-state index contributed by atoms with van der Waals surface area (Å²) in [6.45, 7) is -0.154. The first-order chi connectivity index (χ1) is 6.79. The smallest absolute Gasteiger partial charge is 0.361 e. The van der Waals surface area contributed by atoms with Crippen molar-refractivity contribution in [2.24, 2.45) is 5.92 Å². The predicted octanol–water partition coefficient (Wildman–Crippen LogP) is 1.59. The van der Waals surface area contributed by atoms with Crippen LogP contribution >= 0.6 is 0 Å². The van der Waals surface area contributed by atoms with E-state index in [4.69, 9.17) is 0 Å². The van der Waals surface area contributed by atoms with E-state index in [9.17, 15) is 26.7 Å². The lowest BCUT2D eigenvalue weighted by molar-refractivity contribution is -0.259. The molecule has 8 heteroatoms. The lowest BCUT2D eigenvalue weighted by atomic mass is 9.99. The standard InChI is InChI=1S/C7H8F5NO2/c8-5(9)1-4-2-13(3-4)15-6(14)7(10,11)12/h4-5H,1-3H2. The summed E-state index contributed by atoms with van der Waals surface area (Å²) < 4.78 is 58.5. The van der Waals surface area contributed by atoms with Crippen LogP contribution in [0.25, 0.3) is 0 Å². The highest BCUT2D eigenvalue weighted by Gasteiger charge is 2.44. The van der Waals surface area contributed by atoms with Crippen molar-refractivity contribution in [3.8, 4) is 0 Å². The zero-order chi connectivity index (χ0) is 11.6. The molecule has 0 saturated carbocycles. The summed E-state index contributed by atoms with van der Waals surface area (Å²) in [5.41, 5.74) is 0. The van der Waals surface area contributed by atoms with Crippen molar-refractivity contribution in [3.63, 3.8) is 0 Å². The maximum atomic E-state index is 11.8. The van der Waals surface area contributed by atoms with Gasteiger partial charge >= 0.3 is 12.1 Å². The molecule has 1 aliphatic heterocycles. The molecule has 88 valence electrons. The van der Waals surface area contributed by atoms with Gasteiger partial charge in [-0.15, -0.1) is 5.06 Å². The van der Waals surface area contributed by atoms with E-state index < -0.39 is 24.5 Å². The van der Waals surface area contributed by atoms with Crippen molar-refractivity contribution in [2.45, 2.75) is 19.0 Å². The Morgan fingerprint density at radius 1 is 1.40 bits per heavy atom. The second-order valence-corrected chi connectivity index (χ2v) is 3.22. The lowest BCUT2D eigenvalue weighted by Crippen LogP contribution is -2.49. The molecule has 0 amide bonds. The first-order valence-electron chi connectivity index (χ1n) is 4.11. The van der Waals surface area contributed by atoms with Crippen molar-refractivity contribution < 1.29 is 31.6 Å². The molecule has 0 spiro atoms. The molecule has 1 rings (SSSR count). The molecule has 1 aliphatic rings. The fourth-order valence-corrected chi connectivity index (χ4v) is 1.17. The van der Waals surface area contributed by atoms with E-state index in [2.05, 4.69) is 4.84 Å². The number of alkyl halides is 5. The number of rotatable bonds is 3. The molecule has 0 atom stereocenters. The fourth-order valence-electron chi connectivity index (χ4n) is 1.17. The summed E-state index contributed by atoms with van der Waals surface area (Å²) >= 11 is 0. The van der Waals surface area contributed by atoms with Crippen LogP contribution in [0.15, 0.2) is 0 Å². The number of hydrogen-bond acceptors (Lipinski definition) is 3. The number of halogens is 5. The Balaban J connectivity index is 2.21. The molecule has 0 aromatic rings. The number of nitrogens with zero attached hydrogens (tertiary/aromatic N) is 1. The van der Waals surface area contributed by atoms with Crippen LogP contribution < -0.4 is 0 Å². The minimum absolute atomic E-state index is 0.0772. The molecular formula is C7H8F5NO2. The molecule has 0 bridgehead atoms. The van der Waals surface area contributed by atoms with Crippen molar-refractivity contribution in [1.29, 1.82) is 0 Å². The van der Waals surface area contributed by atoms with Gasteiger partial charge in [0, 0.05) is 19.5 Å². The SMILES string of the molecule is O=C(ON1CC(CC(F)F)C1)C(F)(F)F. The molecule has 0 unspecified atom stereocenters. The van der Waals surface area contributed by atoms with E-state index in [0.29, 0.717) is 0 Å². The van der Waals surface area contributed by atoms with Crippen LogP contribution in [-0.4, -0.2) is 36.7 Å². The van der Waals surface area contributed by atoms with E-state index in [1.165, 1.54) is 0 Å². The molecule has 1 heterocycles. The minimum Gasteiger partial charge on any atom is -0.361 e. The van der Waals surface area contributed by atoms with Gasteiger partial charge in [-0.1, -0.05) is 0 Å². The van der Waals surface area contributed by atoms with E-state index in [-0.39, 0.29) is 19.5 Å². The number of carbonyl (C=O) groups excluding carboxylic acids is 1. The Bertz CT molecular complexity index is 236. The van der Waals surface area contributed by atoms with Crippen LogP contribution in [0.1, 0.15) is 6.42 Å². The number of carbonyl (C=O) groups is 1. The summed E-state index contributed by atoms with van der Waals surface area (Å²) in [6, 6.07) is 0. The molecule has 0 aromatic heterocycles. The normalized spacial score (nSPS) is 19.1. The van der Waals surface area contributed by atoms with Gasteiger partial charge in [0.25, 0.3) is 0 Å². The van der Waals surface area contributed by atoms with Crippen molar-refractivity contribution >= 4 is 5.97 Å². The van der Waals surface area contributed by atoms with Gasteiger partial charge in [0.2, 0.25) is 6.43 Å². The Labute approximate surface area is 81.7 Å². The summed E-state index contributed by atoms with van der Waals surface area (Å²) in [6.07, 6.45) is -7.93. The third-order valence-electron chi connectivity index (χ3n) is 1.88. The van der Waals surface area contributed by atoms with Gasteiger partial charge < -0.3 is 4.84 Å². The van der Waals surface area contributed by atoms with Crippen LogP contribution in [-0.2, 0) is 9.63 Å². The molecule has 0 aliphatic carbocycles. The third-order valence-corrected chi connectivity index (χ3v) is 1.88. The molecule has 0 N–H and O–H groups in total. The Morgan fingerprint density at radius 3 is 2.33 bits per heavy atom. The monoisotopic (exact) mass is 233 g/mol. The van der Waals surface area contributed by atoms with Crippen LogP contribution in [0.2, 0.25) is 0 Å².